The second-order valence-corrected chi connectivity index (χ2v) is 4.69. The van der Waals surface area contributed by atoms with Gasteiger partial charge in [0.2, 0.25) is 0 Å². The molecule has 0 spiro atoms. The average molecular weight is 259 g/mol. The Morgan fingerprint density at radius 3 is 2.68 bits per heavy atom. The third-order valence-electron chi connectivity index (χ3n) is 3.44. The molecule has 3 rings (SSSR count). The molecule has 1 aromatic carbocycles. The molecule has 19 heavy (non-hydrogen) atoms. The highest BCUT2D eigenvalue weighted by molar-refractivity contribution is 5.78. The fourth-order valence-electron chi connectivity index (χ4n) is 2.49. The van der Waals surface area contributed by atoms with Crippen molar-refractivity contribution in [2.24, 2.45) is 0 Å². The van der Waals surface area contributed by atoms with E-state index >= 15 is 0 Å². The van der Waals surface area contributed by atoms with Crippen molar-refractivity contribution in [3.63, 3.8) is 0 Å². The molecule has 2 heterocycles. The SMILES string of the molecule is COc1ccc(N2CCCC2)c(-c2cc(N)no2)c1. The molecule has 1 fully saturated rings. The predicted molar refractivity (Wildman–Crippen MR) is 74.4 cm³/mol. The van der Waals surface area contributed by atoms with Crippen molar-refractivity contribution in [2.75, 3.05) is 30.8 Å². The first-order valence-corrected chi connectivity index (χ1v) is 6.43. The summed E-state index contributed by atoms with van der Waals surface area (Å²) in [6, 6.07) is 7.75. The Bertz CT molecular complexity index is 574. The number of nitrogen functional groups attached to an aromatic ring is 1. The number of benzene rings is 1. The fraction of sp³-hybridized carbons (Fsp3) is 0.357. The van der Waals surface area contributed by atoms with Crippen molar-refractivity contribution in [3.05, 3.63) is 24.3 Å². The van der Waals surface area contributed by atoms with Gasteiger partial charge < -0.3 is 19.9 Å². The van der Waals surface area contributed by atoms with Crippen LogP contribution in [0.4, 0.5) is 11.5 Å². The van der Waals surface area contributed by atoms with Crippen LogP contribution in [0.5, 0.6) is 5.75 Å². The van der Waals surface area contributed by atoms with Gasteiger partial charge in [-0.2, -0.15) is 0 Å². The summed E-state index contributed by atoms with van der Waals surface area (Å²) in [5.41, 5.74) is 7.77. The summed E-state index contributed by atoms with van der Waals surface area (Å²) < 4.78 is 10.6. The number of nitrogens with two attached hydrogens (primary N) is 1. The maximum absolute atomic E-state index is 5.64. The van der Waals surface area contributed by atoms with Gasteiger partial charge in [-0.3, -0.25) is 0 Å². The van der Waals surface area contributed by atoms with Crippen LogP contribution in [0, 0.1) is 0 Å². The van der Waals surface area contributed by atoms with Crippen molar-refractivity contribution in [2.45, 2.75) is 12.8 Å². The Balaban J connectivity index is 2.07. The van der Waals surface area contributed by atoms with Crippen LogP contribution in [-0.2, 0) is 0 Å². The highest BCUT2D eigenvalue weighted by Crippen LogP contribution is 2.36. The van der Waals surface area contributed by atoms with E-state index in [9.17, 15) is 0 Å². The standard InChI is InChI=1S/C14H17N3O2/c1-18-10-4-5-12(17-6-2-3-7-17)11(8-10)13-9-14(15)16-19-13/h4-5,8-9H,2-3,6-7H2,1H3,(H2,15,16). The number of hydrogen-bond acceptors (Lipinski definition) is 5. The Morgan fingerprint density at radius 1 is 1.26 bits per heavy atom. The Morgan fingerprint density at radius 2 is 2.05 bits per heavy atom. The summed E-state index contributed by atoms with van der Waals surface area (Å²) in [5, 5.41) is 3.76. The molecule has 100 valence electrons. The molecule has 0 saturated carbocycles. The second kappa shape index (κ2) is 4.84. The molecule has 1 aromatic heterocycles. The number of anilines is 2. The van der Waals surface area contributed by atoms with E-state index < -0.39 is 0 Å². The molecular formula is C14H17N3O2. The van der Waals surface area contributed by atoms with Gasteiger partial charge in [-0.05, 0) is 31.0 Å². The first-order chi connectivity index (χ1) is 9.28. The quantitative estimate of drug-likeness (QED) is 0.917. The van der Waals surface area contributed by atoms with E-state index in [2.05, 4.69) is 16.1 Å². The molecule has 1 aliphatic heterocycles. The maximum Gasteiger partial charge on any atom is 0.171 e. The van der Waals surface area contributed by atoms with Crippen molar-refractivity contribution in [3.8, 4) is 17.1 Å². The highest BCUT2D eigenvalue weighted by Gasteiger charge is 2.19. The number of aromatic nitrogens is 1. The summed E-state index contributed by atoms with van der Waals surface area (Å²) in [6.45, 7) is 2.14. The van der Waals surface area contributed by atoms with E-state index in [-0.39, 0.29) is 0 Å². The van der Waals surface area contributed by atoms with Gasteiger partial charge in [-0.25, -0.2) is 0 Å². The van der Waals surface area contributed by atoms with Crippen LogP contribution in [0.25, 0.3) is 11.3 Å². The summed E-state index contributed by atoms with van der Waals surface area (Å²) in [6.07, 6.45) is 2.45. The van der Waals surface area contributed by atoms with E-state index in [0.29, 0.717) is 11.6 Å². The van der Waals surface area contributed by atoms with E-state index in [1.54, 1.807) is 13.2 Å². The van der Waals surface area contributed by atoms with Gasteiger partial charge >= 0.3 is 0 Å². The first-order valence-electron chi connectivity index (χ1n) is 6.43. The lowest BCUT2D eigenvalue weighted by atomic mass is 10.1. The minimum Gasteiger partial charge on any atom is -0.497 e. The van der Waals surface area contributed by atoms with Crippen molar-refractivity contribution < 1.29 is 9.26 Å². The summed E-state index contributed by atoms with van der Waals surface area (Å²) in [4.78, 5) is 2.35. The van der Waals surface area contributed by atoms with Gasteiger partial charge in [0.1, 0.15) is 5.75 Å². The monoisotopic (exact) mass is 259 g/mol. The van der Waals surface area contributed by atoms with Gasteiger partial charge in [0.25, 0.3) is 0 Å². The van der Waals surface area contributed by atoms with E-state index in [1.165, 1.54) is 12.8 Å². The smallest absolute Gasteiger partial charge is 0.171 e. The highest BCUT2D eigenvalue weighted by atomic mass is 16.5. The summed E-state index contributed by atoms with van der Waals surface area (Å²) in [5.74, 6) is 1.87. The lowest BCUT2D eigenvalue weighted by Gasteiger charge is -2.20. The molecule has 1 saturated heterocycles. The van der Waals surface area contributed by atoms with Crippen LogP contribution in [0.1, 0.15) is 12.8 Å². The van der Waals surface area contributed by atoms with Crippen LogP contribution in [-0.4, -0.2) is 25.4 Å². The molecule has 5 nitrogen and oxygen atoms in total. The van der Waals surface area contributed by atoms with Crippen molar-refractivity contribution >= 4 is 11.5 Å². The number of rotatable bonds is 3. The fourth-order valence-corrected chi connectivity index (χ4v) is 2.49. The lowest BCUT2D eigenvalue weighted by molar-refractivity contribution is 0.413. The lowest BCUT2D eigenvalue weighted by Crippen LogP contribution is -2.18. The molecule has 5 heteroatoms. The third kappa shape index (κ3) is 2.23. The van der Waals surface area contributed by atoms with Crippen LogP contribution in [0.15, 0.2) is 28.8 Å². The van der Waals surface area contributed by atoms with Gasteiger partial charge in [-0.1, -0.05) is 5.16 Å². The Kier molecular flexibility index (Phi) is 3.03. The molecule has 2 N–H and O–H groups in total. The molecular weight excluding hydrogens is 242 g/mol. The van der Waals surface area contributed by atoms with Crippen LogP contribution in [0.2, 0.25) is 0 Å². The van der Waals surface area contributed by atoms with Gasteiger partial charge in [0.15, 0.2) is 11.6 Å². The molecule has 0 atom stereocenters. The summed E-state index contributed by atoms with van der Waals surface area (Å²) >= 11 is 0. The van der Waals surface area contributed by atoms with Crippen molar-refractivity contribution in [1.82, 2.24) is 5.16 Å². The predicted octanol–water partition coefficient (Wildman–Crippen LogP) is 2.53. The zero-order valence-corrected chi connectivity index (χ0v) is 10.9. The van der Waals surface area contributed by atoms with E-state index in [4.69, 9.17) is 15.0 Å². The average Bonchev–Trinajstić information content (AvgIpc) is 3.09. The first kappa shape index (κ1) is 11.9. The van der Waals surface area contributed by atoms with Gasteiger partial charge in [0, 0.05) is 30.4 Å². The zero-order chi connectivity index (χ0) is 13.2. The number of ether oxygens (including phenoxy) is 1. The van der Waals surface area contributed by atoms with Crippen LogP contribution < -0.4 is 15.4 Å². The Hall–Kier alpha value is -2.17. The molecule has 0 aliphatic carbocycles. The molecule has 0 amide bonds. The molecule has 0 unspecified atom stereocenters. The molecule has 1 aliphatic rings. The maximum atomic E-state index is 5.64. The summed E-state index contributed by atoms with van der Waals surface area (Å²) in [7, 11) is 1.66. The largest absolute Gasteiger partial charge is 0.497 e. The van der Waals surface area contributed by atoms with E-state index in [0.717, 1.165) is 30.1 Å². The third-order valence-corrected chi connectivity index (χ3v) is 3.44. The van der Waals surface area contributed by atoms with Gasteiger partial charge in [-0.15, -0.1) is 0 Å². The minimum absolute atomic E-state index is 0.394. The van der Waals surface area contributed by atoms with Crippen molar-refractivity contribution in [1.29, 1.82) is 0 Å². The molecule has 2 aromatic rings. The number of hydrogen-bond donors (Lipinski definition) is 1. The van der Waals surface area contributed by atoms with Crippen LogP contribution >= 0.6 is 0 Å². The van der Waals surface area contributed by atoms with Gasteiger partial charge in [0.05, 0.1) is 7.11 Å². The topological polar surface area (TPSA) is 64.5 Å². The Labute approximate surface area is 111 Å². The normalized spacial score (nSPS) is 14.9. The molecule has 0 radical (unpaired) electrons. The molecule has 0 bridgehead atoms. The van der Waals surface area contributed by atoms with Crippen LogP contribution in [0.3, 0.4) is 0 Å². The minimum atomic E-state index is 0.394. The zero-order valence-electron chi connectivity index (χ0n) is 10.9. The number of methoxy groups -OCH3 is 1. The number of nitrogens with zero attached hydrogens (tertiary/aromatic N) is 2. The second-order valence-electron chi connectivity index (χ2n) is 4.69. The van der Waals surface area contributed by atoms with E-state index in [1.807, 2.05) is 12.1 Å².